The number of pyridine rings is 1. The number of fused-ring (bicyclic) bond motifs is 1. The molecule has 1 aromatic heterocycles. The fourth-order valence-electron chi connectivity index (χ4n) is 4.17. The number of aromatic nitrogens is 1. The zero-order chi connectivity index (χ0) is 21.1. The van der Waals surface area contributed by atoms with Crippen molar-refractivity contribution < 1.29 is 14.0 Å². The largest absolute Gasteiger partial charge is 0.366 e. The highest BCUT2D eigenvalue weighted by molar-refractivity contribution is 5.97. The highest BCUT2D eigenvalue weighted by Crippen LogP contribution is 2.30. The van der Waals surface area contributed by atoms with E-state index in [1.165, 1.54) is 6.07 Å². The molecule has 0 aliphatic carbocycles. The van der Waals surface area contributed by atoms with Gasteiger partial charge < -0.3 is 10.6 Å². The van der Waals surface area contributed by atoms with Crippen LogP contribution in [0.1, 0.15) is 46.8 Å². The van der Waals surface area contributed by atoms with E-state index in [0.29, 0.717) is 36.3 Å². The van der Waals surface area contributed by atoms with Gasteiger partial charge in [-0.1, -0.05) is 36.4 Å². The minimum absolute atomic E-state index is 0.00985. The topological polar surface area (TPSA) is 76.3 Å². The molecule has 2 N–H and O–H groups in total. The lowest BCUT2D eigenvalue weighted by atomic mass is 9.90. The summed E-state index contributed by atoms with van der Waals surface area (Å²) in [5.41, 5.74) is 8.07. The zero-order valence-corrected chi connectivity index (χ0v) is 16.7. The van der Waals surface area contributed by atoms with Crippen molar-refractivity contribution in [1.29, 1.82) is 0 Å². The number of hydrogen-bond donors (Lipinski definition) is 1. The van der Waals surface area contributed by atoms with Crippen LogP contribution in [0.3, 0.4) is 0 Å². The SMILES string of the molecule is NC(=O)c1cc2ccccc2nc1[C@H]1CCCN(C(=O)CCc2ccccc2F)C1. The van der Waals surface area contributed by atoms with Crippen LogP contribution in [0.25, 0.3) is 10.9 Å². The lowest BCUT2D eigenvalue weighted by Gasteiger charge is -2.33. The maximum absolute atomic E-state index is 13.8. The van der Waals surface area contributed by atoms with E-state index in [1.54, 1.807) is 29.2 Å². The molecule has 6 heteroatoms. The molecule has 2 aromatic carbocycles. The van der Waals surface area contributed by atoms with Gasteiger partial charge in [0.05, 0.1) is 16.8 Å². The van der Waals surface area contributed by atoms with Crippen molar-refractivity contribution in [2.75, 3.05) is 13.1 Å². The Morgan fingerprint density at radius 1 is 1.13 bits per heavy atom. The van der Waals surface area contributed by atoms with Crippen molar-refractivity contribution in [1.82, 2.24) is 9.88 Å². The first kappa shape index (κ1) is 20.0. The monoisotopic (exact) mass is 405 g/mol. The van der Waals surface area contributed by atoms with E-state index in [4.69, 9.17) is 10.7 Å². The van der Waals surface area contributed by atoms with Gasteiger partial charge >= 0.3 is 0 Å². The van der Waals surface area contributed by atoms with E-state index < -0.39 is 5.91 Å². The number of halogens is 1. The molecule has 3 aromatic rings. The predicted molar refractivity (Wildman–Crippen MR) is 114 cm³/mol. The Labute approximate surface area is 174 Å². The van der Waals surface area contributed by atoms with Gasteiger partial charge in [-0.2, -0.15) is 0 Å². The van der Waals surface area contributed by atoms with Gasteiger partial charge in [-0.25, -0.2) is 4.39 Å². The summed E-state index contributed by atoms with van der Waals surface area (Å²) in [5, 5.41) is 0.865. The summed E-state index contributed by atoms with van der Waals surface area (Å²) in [4.78, 5) is 31.4. The first-order valence-electron chi connectivity index (χ1n) is 10.2. The Balaban J connectivity index is 1.52. The van der Waals surface area contributed by atoms with Gasteiger partial charge in [0, 0.05) is 30.8 Å². The summed E-state index contributed by atoms with van der Waals surface area (Å²) < 4.78 is 13.8. The van der Waals surface area contributed by atoms with Crippen molar-refractivity contribution in [3.8, 4) is 0 Å². The lowest BCUT2D eigenvalue weighted by Crippen LogP contribution is -2.40. The summed E-state index contributed by atoms with van der Waals surface area (Å²) in [6, 6.07) is 15.9. The number of aryl methyl sites for hydroxylation is 1. The molecule has 30 heavy (non-hydrogen) atoms. The number of piperidine rings is 1. The molecule has 1 fully saturated rings. The summed E-state index contributed by atoms with van der Waals surface area (Å²) >= 11 is 0. The average Bonchev–Trinajstić information content (AvgIpc) is 2.77. The Morgan fingerprint density at radius 3 is 2.70 bits per heavy atom. The van der Waals surface area contributed by atoms with Gasteiger partial charge in [-0.3, -0.25) is 14.6 Å². The average molecular weight is 405 g/mol. The van der Waals surface area contributed by atoms with E-state index in [-0.39, 0.29) is 24.1 Å². The Hall–Kier alpha value is -3.28. The minimum Gasteiger partial charge on any atom is -0.366 e. The van der Waals surface area contributed by atoms with E-state index >= 15 is 0 Å². The van der Waals surface area contributed by atoms with E-state index in [9.17, 15) is 14.0 Å². The number of amides is 2. The first-order valence-corrected chi connectivity index (χ1v) is 10.2. The van der Waals surface area contributed by atoms with E-state index in [0.717, 1.165) is 23.7 Å². The number of primary amides is 1. The van der Waals surface area contributed by atoms with Gasteiger partial charge in [0.25, 0.3) is 5.91 Å². The second kappa shape index (κ2) is 8.61. The molecule has 0 spiro atoms. The number of likely N-dealkylation sites (tertiary alicyclic amines) is 1. The Bertz CT molecular complexity index is 1100. The summed E-state index contributed by atoms with van der Waals surface area (Å²) in [6.07, 6.45) is 2.28. The van der Waals surface area contributed by atoms with Crippen LogP contribution in [0.5, 0.6) is 0 Å². The van der Waals surface area contributed by atoms with Crippen molar-refractivity contribution in [3.63, 3.8) is 0 Å². The third kappa shape index (κ3) is 4.17. The molecule has 2 heterocycles. The smallest absolute Gasteiger partial charge is 0.250 e. The second-order valence-electron chi connectivity index (χ2n) is 7.75. The molecule has 0 bridgehead atoms. The van der Waals surface area contributed by atoms with Crippen molar-refractivity contribution >= 4 is 22.7 Å². The molecule has 2 amide bonds. The van der Waals surface area contributed by atoms with Gasteiger partial charge in [0.1, 0.15) is 5.82 Å². The molecule has 154 valence electrons. The van der Waals surface area contributed by atoms with Crippen LogP contribution in [0.2, 0.25) is 0 Å². The molecular weight excluding hydrogens is 381 g/mol. The summed E-state index contributed by atoms with van der Waals surface area (Å²) in [7, 11) is 0. The van der Waals surface area contributed by atoms with Gasteiger partial charge in [-0.05, 0) is 43.0 Å². The minimum atomic E-state index is -0.508. The molecule has 1 aliphatic heterocycles. The standard InChI is InChI=1S/C24H24FN3O2/c25-20-9-3-1-6-16(20)11-12-22(29)28-13-5-8-18(15-28)23-19(24(26)30)14-17-7-2-4-10-21(17)27-23/h1-4,6-7,9-10,14,18H,5,8,11-13,15H2,(H2,26,30)/t18-/m0/s1. The number of benzene rings is 2. The van der Waals surface area contributed by atoms with Crippen molar-refractivity contribution in [3.05, 3.63) is 77.2 Å². The van der Waals surface area contributed by atoms with Crippen molar-refractivity contribution in [2.45, 2.75) is 31.6 Å². The van der Waals surface area contributed by atoms with Crippen LogP contribution in [0.15, 0.2) is 54.6 Å². The molecule has 5 nitrogen and oxygen atoms in total. The molecule has 1 saturated heterocycles. The third-order valence-electron chi connectivity index (χ3n) is 5.75. The maximum atomic E-state index is 13.8. The summed E-state index contributed by atoms with van der Waals surface area (Å²) in [5.74, 6) is -0.854. The number of nitrogens with zero attached hydrogens (tertiary/aromatic N) is 2. The Morgan fingerprint density at radius 2 is 1.90 bits per heavy atom. The first-order chi connectivity index (χ1) is 14.5. The van der Waals surface area contributed by atoms with Gasteiger partial charge in [-0.15, -0.1) is 0 Å². The normalized spacial score (nSPS) is 16.6. The van der Waals surface area contributed by atoms with Crippen molar-refractivity contribution in [2.24, 2.45) is 5.73 Å². The number of rotatable bonds is 5. The molecule has 0 saturated carbocycles. The lowest BCUT2D eigenvalue weighted by molar-refractivity contribution is -0.132. The molecule has 1 aliphatic rings. The molecule has 1 atom stereocenters. The van der Waals surface area contributed by atoms with Crippen LogP contribution in [-0.4, -0.2) is 34.8 Å². The third-order valence-corrected chi connectivity index (χ3v) is 5.75. The fraction of sp³-hybridized carbons (Fsp3) is 0.292. The highest BCUT2D eigenvalue weighted by atomic mass is 19.1. The molecular formula is C24H24FN3O2. The van der Waals surface area contributed by atoms with Gasteiger partial charge in [0.15, 0.2) is 0 Å². The molecule has 4 rings (SSSR count). The zero-order valence-electron chi connectivity index (χ0n) is 16.7. The predicted octanol–water partition coefficient (Wildman–Crippen LogP) is 3.81. The molecule has 0 unspecified atom stereocenters. The van der Waals surface area contributed by atoms with E-state index in [2.05, 4.69) is 0 Å². The highest BCUT2D eigenvalue weighted by Gasteiger charge is 2.28. The van der Waals surface area contributed by atoms with Crippen LogP contribution >= 0.6 is 0 Å². The number of para-hydroxylation sites is 1. The summed E-state index contributed by atoms with van der Waals surface area (Å²) in [6.45, 7) is 1.15. The number of carbonyl (C=O) groups excluding carboxylic acids is 2. The maximum Gasteiger partial charge on any atom is 0.250 e. The second-order valence-corrected chi connectivity index (χ2v) is 7.75. The van der Waals surface area contributed by atoms with Crippen LogP contribution in [0, 0.1) is 5.82 Å². The number of nitrogens with two attached hydrogens (primary N) is 1. The fourth-order valence-corrected chi connectivity index (χ4v) is 4.17. The molecule has 0 radical (unpaired) electrons. The quantitative estimate of drug-likeness (QED) is 0.701. The number of carbonyl (C=O) groups is 2. The Kier molecular flexibility index (Phi) is 5.74. The van der Waals surface area contributed by atoms with Crippen LogP contribution < -0.4 is 5.73 Å². The van der Waals surface area contributed by atoms with Crippen LogP contribution in [0.4, 0.5) is 4.39 Å². The van der Waals surface area contributed by atoms with E-state index in [1.807, 2.05) is 24.3 Å². The van der Waals surface area contributed by atoms with Gasteiger partial charge in [0.2, 0.25) is 5.91 Å². The van der Waals surface area contributed by atoms with Crippen LogP contribution in [-0.2, 0) is 11.2 Å². The number of hydrogen-bond acceptors (Lipinski definition) is 3.